The molecule has 1 N–H and O–H groups in total. The second-order valence-corrected chi connectivity index (χ2v) is 5.88. The molecule has 5 heteroatoms. The minimum Gasteiger partial charge on any atom is -0.497 e. The number of rotatable bonds is 4. The molecule has 0 heterocycles. The monoisotopic (exact) mass is 362 g/mol. The number of nitrogens with one attached hydrogen (secondary N) is 1. The summed E-state index contributed by atoms with van der Waals surface area (Å²) in [5.74, 6) is 0.425. The second-order valence-electron chi connectivity index (χ2n) is 5.49. The van der Waals surface area contributed by atoms with E-state index in [1.165, 1.54) is 0 Å². The molecule has 0 saturated carbocycles. The van der Waals surface area contributed by atoms with Crippen LogP contribution in [0.15, 0.2) is 84.9 Å². The number of benzene rings is 3. The largest absolute Gasteiger partial charge is 0.497 e. The maximum atomic E-state index is 12.6. The third kappa shape index (κ3) is 4.07. The van der Waals surface area contributed by atoms with Gasteiger partial charge in [-0.05, 0) is 60.7 Å². The van der Waals surface area contributed by atoms with Crippen LogP contribution in [0.25, 0.3) is 0 Å². The normalized spacial score (nSPS) is 10.0. The maximum absolute atomic E-state index is 12.6. The Morgan fingerprint density at radius 2 is 1.35 bits per heavy atom. The van der Waals surface area contributed by atoms with Crippen molar-refractivity contribution in [2.75, 3.05) is 12.0 Å². The first-order chi connectivity index (χ1) is 12.7. The van der Waals surface area contributed by atoms with Crippen LogP contribution in [0.2, 0.25) is 0 Å². The molecular formula is C21H18N2O2S. The first-order valence-corrected chi connectivity index (χ1v) is 8.49. The smallest absolute Gasteiger partial charge is 0.257 e. The quantitative estimate of drug-likeness (QED) is 0.692. The first kappa shape index (κ1) is 17.6. The minimum atomic E-state index is -0.269. The van der Waals surface area contributed by atoms with Crippen LogP contribution in [0.1, 0.15) is 10.4 Å². The topological polar surface area (TPSA) is 41.6 Å². The summed E-state index contributed by atoms with van der Waals surface area (Å²) < 4.78 is 5.12. The summed E-state index contributed by atoms with van der Waals surface area (Å²) in [6.45, 7) is 0. The molecule has 26 heavy (non-hydrogen) atoms. The Labute approximate surface area is 158 Å². The van der Waals surface area contributed by atoms with Gasteiger partial charge >= 0.3 is 0 Å². The number of anilines is 2. The van der Waals surface area contributed by atoms with Crippen molar-refractivity contribution < 1.29 is 9.53 Å². The molecule has 0 fully saturated rings. The fourth-order valence-electron chi connectivity index (χ4n) is 2.51. The molecule has 3 rings (SSSR count). The number of amides is 1. The van der Waals surface area contributed by atoms with Gasteiger partial charge in [-0.1, -0.05) is 36.4 Å². The van der Waals surface area contributed by atoms with Gasteiger partial charge < -0.3 is 4.74 Å². The summed E-state index contributed by atoms with van der Waals surface area (Å²) in [5, 5.41) is 3.12. The Balaban J connectivity index is 1.84. The number of nitrogens with zero attached hydrogens (tertiary/aromatic N) is 1. The van der Waals surface area contributed by atoms with Crippen LogP contribution < -0.4 is 15.0 Å². The number of hydrogen-bond donors (Lipinski definition) is 1. The van der Waals surface area contributed by atoms with Gasteiger partial charge in [-0.3, -0.25) is 15.0 Å². The van der Waals surface area contributed by atoms with Crippen LogP contribution in [-0.2, 0) is 0 Å². The van der Waals surface area contributed by atoms with E-state index in [0.717, 1.165) is 11.4 Å². The van der Waals surface area contributed by atoms with Gasteiger partial charge in [-0.15, -0.1) is 0 Å². The second kappa shape index (κ2) is 8.27. The standard InChI is InChI=1S/C21H18N2O2S/c1-25-19-14-12-16(13-15-19)20(24)22-21(26)23(17-8-4-2-5-9-17)18-10-6-3-7-11-18/h2-15H,1H3,(H,22,24,26). The molecule has 1 amide bonds. The molecular weight excluding hydrogens is 344 g/mol. The van der Waals surface area contributed by atoms with Gasteiger partial charge in [0.15, 0.2) is 5.11 Å². The van der Waals surface area contributed by atoms with Crippen molar-refractivity contribution in [3.8, 4) is 5.75 Å². The number of carbonyl (C=O) groups is 1. The summed E-state index contributed by atoms with van der Waals surface area (Å²) >= 11 is 5.53. The average molecular weight is 362 g/mol. The van der Waals surface area contributed by atoms with Crippen LogP contribution in [0, 0.1) is 0 Å². The van der Waals surface area contributed by atoms with Gasteiger partial charge in [-0.25, -0.2) is 0 Å². The molecule has 0 atom stereocenters. The van der Waals surface area contributed by atoms with Gasteiger partial charge in [-0.2, -0.15) is 0 Å². The maximum Gasteiger partial charge on any atom is 0.257 e. The van der Waals surface area contributed by atoms with Crippen molar-refractivity contribution in [2.24, 2.45) is 0 Å². The van der Waals surface area contributed by atoms with Crippen molar-refractivity contribution >= 4 is 34.6 Å². The molecule has 0 aromatic heterocycles. The molecule has 0 radical (unpaired) electrons. The number of thiocarbonyl (C=S) groups is 1. The number of methoxy groups -OCH3 is 1. The van der Waals surface area contributed by atoms with E-state index in [-0.39, 0.29) is 5.91 Å². The Bertz CT molecular complexity index is 841. The van der Waals surface area contributed by atoms with E-state index in [1.807, 2.05) is 65.6 Å². The van der Waals surface area contributed by atoms with E-state index in [1.54, 1.807) is 31.4 Å². The molecule has 0 bridgehead atoms. The van der Waals surface area contributed by atoms with Gasteiger partial charge in [0, 0.05) is 16.9 Å². The zero-order chi connectivity index (χ0) is 18.4. The fourth-order valence-corrected chi connectivity index (χ4v) is 2.81. The summed E-state index contributed by atoms with van der Waals surface area (Å²) in [6, 6.07) is 26.2. The van der Waals surface area contributed by atoms with Crippen molar-refractivity contribution in [1.82, 2.24) is 5.32 Å². The highest BCUT2D eigenvalue weighted by Crippen LogP contribution is 2.25. The summed E-state index contributed by atoms with van der Waals surface area (Å²) in [7, 11) is 1.59. The molecule has 0 aliphatic heterocycles. The average Bonchev–Trinajstić information content (AvgIpc) is 2.70. The van der Waals surface area contributed by atoms with E-state index >= 15 is 0 Å². The van der Waals surface area contributed by atoms with Crippen LogP contribution in [0.5, 0.6) is 5.75 Å². The van der Waals surface area contributed by atoms with Crippen molar-refractivity contribution in [2.45, 2.75) is 0 Å². The van der Waals surface area contributed by atoms with Crippen LogP contribution in [0.3, 0.4) is 0 Å². The number of hydrogen-bond acceptors (Lipinski definition) is 3. The molecule has 0 spiro atoms. The van der Waals surface area contributed by atoms with Crippen molar-refractivity contribution in [1.29, 1.82) is 0 Å². The number of ether oxygens (including phenoxy) is 1. The predicted molar refractivity (Wildman–Crippen MR) is 108 cm³/mol. The molecule has 0 aliphatic carbocycles. The van der Waals surface area contributed by atoms with E-state index < -0.39 is 0 Å². The van der Waals surface area contributed by atoms with Gasteiger partial charge in [0.1, 0.15) is 5.75 Å². The summed E-state index contributed by atoms with van der Waals surface area (Å²) in [5.41, 5.74) is 2.26. The Kier molecular flexibility index (Phi) is 5.61. The highest BCUT2D eigenvalue weighted by molar-refractivity contribution is 7.80. The summed E-state index contributed by atoms with van der Waals surface area (Å²) in [6.07, 6.45) is 0. The lowest BCUT2D eigenvalue weighted by atomic mass is 10.2. The third-order valence-electron chi connectivity index (χ3n) is 3.80. The van der Waals surface area contributed by atoms with Gasteiger partial charge in [0.25, 0.3) is 5.91 Å². The van der Waals surface area contributed by atoms with Crippen LogP contribution >= 0.6 is 12.2 Å². The van der Waals surface area contributed by atoms with E-state index in [4.69, 9.17) is 17.0 Å². The minimum absolute atomic E-state index is 0.269. The highest BCUT2D eigenvalue weighted by Gasteiger charge is 2.17. The molecule has 0 aliphatic rings. The van der Waals surface area contributed by atoms with E-state index in [2.05, 4.69) is 5.32 Å². The van der Waals surface area contributed by atoms with Crippen molar-refractivity contribution in [3.63, 3.8) is 0 Å². The number of carbonyl (C=O) groups excluding carboxylic acids is 1. The third-order valence-corrected chi connectivity index (χ3v) is 4.09. The molecule has 130 valence electrons. The number of para-hydroxylation sites is 2. The SMILES string of the molecule is COc1ccc(C(=O)NC(=S)N(c2ccccc2)c2ccccc2)cc1. The van der Waals surface area contributed by atoms with E-state index in [9.17, 15) is 4.79 Å². The van der Waals surface area contributed by atoms with Gasteiger partial charge in [0.2, 0.25) is 0 Å². The Hall–Kier alpha value is -3.18. The van der Waals surface area contributed by atoms with Crippen LogP contribution in [-0.4, -0.2) is 18.1 Å². The Morgan fingerprint density at radius 3 is 1.81 bits per heavy atom. The lowest BCUT2D eigenvalue weighted by Gasteiger charge is -2.25. The zero-order valence-electron chi connectivity index (χ0n) is 14.3. The van der Waals surface area contributed by atoms with Crippen LogP contribution in [0.4, 0.5) is 11.4 Å². The molecule has 0 saturated heterocycles. The van der Waals surface area contributed by atoms with Gasteiger partial charge in [0.05, 0.1) is 7.11 Å². The lowest BCUT2D eigenvalue weighted by Crippen LogP contribution is -2.40. The molecule has 0 unspecified atom stereocenters. The lowest BCUT2D eigenvalue weighted by molar-refractivity contribution is 0.0977. The molecule has 4 nitrogen and oxygen atoms in total. The predicted octanol–water partition coefficient (Wildman–Crippen LogP) is 4.55. The Morgan fingerprint density at radius 1 is 0.846 bits per heavy atom. The molecule has 3 aromatic rings. The fraction of sp³-hybridized carbons (Fsp3) is 0.0476. The molecule has 3 aromatic carbocycles. The van der Waals surface area contributed by atoms with Crippen molar-refractivity contribution in [3.05, 3.63) is 90.5 Å². The first-order valence-electron chi connectivity index (χ1n) is 8.08. The summed E-state index contributed by atoms with van der Waals surface area (Å²) in [4.78, 5) is 14.4. The van der Waals surface area contributed by atoms with E-state index in [0.29, 0.717) is 16.4 Å². The highest BCUT2D eigenvalue weighted by atomic mass is 32.1. The zero-order valence-corrected chi connectivity index (χ0v) is 15.1.